The third-order valence-corrected chi connectivity index (χ3v) is 4.04. The normalized spacial score (nSPS) is 11.9. The molecule has 11 heavy (non-hydrogen) atoms. The van der Waals surface area contributed by atoms with Crippen LogP contribution in [0.25, 0.3) is 0 Å². The van der Waals surface area contributed by atoms with E-state index in [1.54, 1.807) is 11.3 Å². The fourth-order valence-corrected chi connectivity index (χ4v) is 2.41. The van der Waals surface area contributed by atoms with Crippen LogP contribution in [-0.4, -0.2) is 8.07 Å². The number of aryl methyl sites for hydroxylation is 1. The third-order valence-electron chi connectivity index (χ3n) is 1.65. The number of aromatic nitrogens is 1. The SMILES string of the molecule is C[Si](C)(C)CC[n+]1ccsc1. The zero-order valence-corrected chi connectivity index (χ0v) is 9.32. The molecule has 0 spiro atoms. The zero-order chi connectivity index (χ0) is 8.32. The van der Waals surface area contributed by atoms with E-state index in [2.05, 4.69) is 41.3 Å². The summed E-state index contributed by atoms with van der Waals surface area (Å²) in [5.74, 6) is 0. The molecule has 1 nitrogen and oxygen atoms in total. The minimum atomic E-state index is -0.830. The molecule has 0 aliphatic heterocycles. The van der Waals surface area contributed by atoms with Crippen molar-refractivity contribution in [1.29, 1.82) is 0 Å². The van der Waals surface area contributed by atoms with Crippen molar-refractivity contribution in [3.8, 4) is 0 Å². The predicted molar refractivity (Wildman–Crippen MR) is 52.7 cm³/mol. The highest BCUT2D eigenvalue weighted by Crippen LogP contribution is 2.07. The highest BCUT2D eigenvalue weighted by Gasteiger charge is 2.15. The number of hydrogen-bond acceptors (Lipinski definition) is 1. The lowest BCUT2D eigenvalue weighted by molar-refractivity contribution is -0.688. The summed E-state index contributed by atoms with van der Waals surface area (Å²) in [4.78, 5) is 0. The molecule has 0 saturated heterocycles. The Morgan fingerprint density at radius 3 is 2.55 bits per heavy atom. The summed E-state index contributed by atoms with van der Waals surface area (Å²) < 4.78 is 2.28. The Hall–Kier alpha value is -0.153. The average molecular weight is 186 g/mol. The van der Waals surface area contributed by atoms with E-state index in [1.807, 2.05) is 0 Å². The molecule has 0 aliphatic rings. The van der Waals surface area contributed by atoms with E-state index in [0.29, 0.717) is 0 Å². The minimum absolute atomic E-state index is 0.830. The van der Waals surface area contributed by atoms with Gasteiger partial charge >= 0.3 is 0 Å². The lowest BCUT2D eigenvalue weighted by Crippen LogP contribution is -2.35. The maximum Gasteiger partial charge on any atom is 0.224 e. The van der Waals surface area contributed by atoms with Crippen LogP contribution >= 0.6 is 11.3 Å². The summed E-state index contributed by atoms with van der Waals surface area (Å²) in [6.45, 7) is 8.46. The zero-order valence-electron chi connectivity index (χ0n) is 7.50. The van der Waals surface area contributed by atoms with E-state index >= 15 is 0 Å². The molecule has 0 aliphatic carbocycles. The molecule has 1 heterocycles. The quantitative estimate of drug-likeness (QED) is 0.504. The Bertz CT molecular complexity index is 200. The first-order valence-electron chi connectivity index (χ1n) is 3.99. The monoisotopic (exact) mass is 186 g/mol. The number of thiazole rings is 1. The van der Waals surface area contributed by atoms with Gasteiger partial charge in [-0.2, -0.15) is 4.57 Å². The average Bonchev–Trinajstić information content (AvgIpc) is 2.32. The molecule has 62 valence electrons. The Morgan fingerprint density at radius 2 is 2.09 bits per heavy atom. The summed E-state index contributed by atoms with van der Waals surface area (Å²) in [6, 6.07) is 1.38. The maximum atomic E-state index is 2.42. The summed E-state index contributed by atoms with van der Waals surface area (Å²) in [5, 5.41) is 2.13. The third kappa shape index (κ3) is 3.67. The Balaban J connectivity index is 2.35. The fourth-order valence-electron chi connectivity index (χ4n) is 0.853. The van der Waals surface area contributed by atoms with Crippen molar-refractivity contribution in [3.63, 3.8) is 0 Å². The van der Waals surface area contributed by atoms with E-state index in [-0.39, 0.29) is 0 Å². The van der Waals surface area contributed by atoms with E-state index in [0.717, 1.165) is 0 Å². The highest BCUT2D eigenvalue weighted by atomic mass is 32.1. The van der Waals surface area contributed by atoms with Gasteiger partial charge in [-0.1, -0.05) is 31.0 Å². The number of rotatable bonds is 3. The van der Waals surface area contributed by atoms with Crippen LogP contribution in [0.2, 0.25) is 25.7 Å². The van der Waals surface area contributed by atoms with Gasteiger partial charge in [0.2, 0.25) is 5.51 Å². The maximum absolute atomic E-state index is 2.42. The molecule has 0 N–H and O–H groups in total. The van der Waals surface area contributed by atoms with Crippen LogP contribution in [0.15, 0.2) is 17.1 Å². The summed E-state index contributed by atoms with van der Waals surface area (Å²) in [6.07, 6.45) is 2.16. The van der Waals surface area contributed by atoms with Gasteiger partial charge in [0.1, 0.15) is 6.54 Å². The molecule has 3 heteroatoms. The van der Waals surface area contributed by atoms with E-state index in [4.69, 9.17) is 0 Å². The Labute approximate surface area is 73.7 Å². The smallest absolute Gasteiger partial charge is 0.196 e. The molecule has 0 radical (unpaired) electrons. The van der Waals surface area contributed by atoms with Gasteiger partial charge in [-0.05, 0) is 0 Å². The largest absolute Gasteiger partial charge is 0.224 e. The molecule has 0 bridgehead atoms. The van der Waals surface area contributed by atoms with Crippen molar-refractivity contribution in [2.24, 2.45) is 0 Å². The van der Waals surface area contributed by atoms with Crippen LogP contribution in [0.4, 0.5) is 0 Å². The molecule has 0 amide bonds. The van der Waals surface area contributed by atoms with Crippen molar-refractivity contribution < 1.29 is 4.57 Å². The second kappa shape index (κ2) is 3.50. The summed E-state index contributed by atoms with van der Waals surface area (Å²) in [7, 11) is -0.830. The first-order valence-corrected chi connectivity index (χ1v) is 8.64. The number of nitrogens with zero attached hydrogens (tertiary/aromatic N) is 1. The first kappa shape index (κ1) is 8.94. The van der Waals surface area contributed by atoms with Crippen LogP contribution in [0.5, 0.6) is 0 Å². The van der Waals surface area contributed by atoms with Crippen molar-refractivity contribution in [2.75, 3.05) is 0 Å². The number of hydrogen-bond donors (Lipinski definition) is 0. The highest BCUT2D eigenvalue weighted by molar-refractivity contribution is 7.07. The molecule has 0 unspecified atom stereocenters. The lowest BCUT2D eigenvalue weighted by Gasteiger charge is -2.11. The van der Waals surface area contributed by atoms with E-state index < -0.39 is 8.07 Å². The second-order valence-corrected chi connectivity index (χ2v) is 10.5. The van der Waals surface area contributed by atoms with Crippen molar-refractivity contribution >= 4 is 19.4 Å². The molecule has 1 rings (SSSR count). The van der Waals surface area contributed by atoms with Crippen LogP contribution < -0.4 is 4.57 Å². The van der Waals surface area contributed by atoms with E-state index in [1.165, 1.54) is 12.6 Å². The van der Waals surface area contributed by atoms with Crippen LogP contribution in [0.1, 0.15) is 0 Å². The fraction of sp³-hybridized carbons (Fsp3) is 0.625. The van der Waals surface area contributed by atoms with Crippen molar-refractivity contribution in [1.82, 2.24) is 0 Å². The van der Waals surface area contributed by atoms with Gasteiger partial charge < -0.3 is 0 Å². The standard InChI is InChI=1S/C8H16NSSi/c1-11(2,3)7-5-9-4-6-10-8-9/h4,6,8H,5,7H2,1-3H3/q+1. The van der Waals surface area contributed by atoms with Crippen LogP contribution in [0, 0.1) is 0 Å². The Kier molecular flexibility index (Phi) is 2.84. The lowest BCUT2D eigenvalue weighted by atomic mass is 10.7. The van der Waals surface area contributed by atoms with Crippen LogP contribution in [0.3, 0.4) is 0 Å². The van der Waals surface area contributed by atoms with E-state index in [9.17, 15) is 0 Å². The molecule has 0 atom stereocenters. The molecule has 0 fully saturated rings. The first-order chi connectivity index (χ1) is 5.08. The molecule has 0 aromatic carbocycles. The van der Waals surface area contributed by atoms with Crippen molar-refractivity contribution in [3.05, 3.63) is 17.1 Å². The van der Waals surface area contributed by atoms with Gasteiger partial charge in [-0.3, -0.25) is 0 Å². The summed E-state index contributed by atoms with van der Waals surface area (Å²) >= 11 is 1.77. The second-order valence-electron chi connectivity index (χ2n) is 4.08. The molecule has 0 saturated carbocycles. The Morgan fingerprint density at radius 1 is 1.36 bits per heavy atom. The van der Waals surface area contributed by atoms with Crippen molar-refractivity contribution in [2.45, 2.75) is 32.2 Å². The molecular formula is C8H16NSSi+. The van der Waals surface area contributed by atoms with Gasteiger partial charge in [-0.25, -0.2) is 0 Å². The van der Waals surface area contributed by atoms with Gasteiger partial charge in [-0.15, -0.1) is 0 Å². The minimum Gasteiger partial charge on any atom is -0.196 e. The predicted octanol–water partition coefficient (Wildman–Crippen LogP) is 2.37. The van der Waals surface area contributed by atoms with Gasteiger partial charge in [0, 0.05) is 6.04 Å². The molecule has 1 aromatic heterocycles. The summed E-state index contributed by atoms with van der Waals surface area (Å²) in [5.41, 5.74) is 2.18. The van der Waals surface area contributed by atoms with Gasteiger partial charge in [0.05, 0.1) is 13.5 Å². The topological polar surface area (TPSA) is 3.88 Å². The van der Waals surface area contributed by atoms with Gasteiger partial charge in [0.15, 0.2) is 6.20 Å². The van der Waals surface area contributed by atoms with Gasteiger partial charge in [0.25, 0.3) is 0 Å². The molecular weight excluding hydrogens is 170 g/mol. The van der Waals surface area contributed by atoms with Crippen LogP contribution in [-0.2, 0) is 6.54 Å². The molecule has 1 aromatic rings.